The summed E-state index contributed by atoms with van der Waals surface area (Å²) in [5, 5.41) is 10.7. The van der Waals surface area contributed by atoms with Crippen molar-refractivity contribution >= 4 is 38.8 Å². The molecule has 0 fully saturated rings. The van der Waals surface area contributed by atoms with Crippen molar-refractivity contribution in [2.75, 3.05) is 11.1 Å². The fourth-order valence-electron chi connectivity index (χ4n) is 1.96. The molecule has 3 aromatic rings. The van der Waals surface area contributed by atoms with Crippen LogP contribution < -0.4 is 11.1 Å². The molecule has 20 heavy (non-hydrogen) atoms. The van der Waals surface area contributed by atoms with Gasteiger partial charge in [-0.1, -0.05) is 6.92 Å². The van der Waals surface area contributed by atoms with Gasteiger partial charge in [0.1, 0.15) is 0 Å². The van der Waals surface area contributed by atoms with E-state index in [0.29, 0.717) is 16.4 Å². The monoisotopic (exact) mass is 286 g/mol. The number of anilines is 2. The van der Waals surface area contributed by atoms with Crippen molar-refractivity contribution in [1.29, 1.82) is 0 Å². The van der Waals surface area contributed by atoms with E-state index in [0.717, 1.165) is 22.2 Å². The molecule has 0 saturated carbocycles. The summed E-state index contributed by atoms with van der Waals surface area (Å²) in [6.45, 7) is 2.02. The molecule has 0 spiro atoms. The number of H-pyrrole nitrogens is 1. The van der Waals surface area contributed by atoms with Crippen molar-refractivity contribution in [3.8, 4) is 0 Å². The molecule has 0 saturated heterocycles. The number of nitrogens with one attached hydrogen (secondary N) is 2. The standard InChI is InChI=1S/C14H14N4OS/c1-2-10-7-13(18-17-10)16-14(19)12-6-8-5-9(15)3-4-11(8)20-12/h3-7H,2,15H2,1H3,(H2,16,17,18,19). The smallest absolute Gasteiger partial charge is 0.266 e. The molecule has 102 valence electrons. The summed E-state index contributed by atoms with van der Waals surface area (Å²) in [4.78, 5) is 12.8. The molecule has 5 nitrogen and oxygen atoms in total. The lowest BCUT2D eigenvalue weighted by Crippen LogP contribution is -2.10. The van der Waals surface area contributed by atoms with Crippen LogP contribution in [0.3, 0.4) is 0 Å². The van der Waals surface area contributed by atoms with Crippen LogP contribution in [0.15, 0.2) is 30.3 Å². The fraction of sp³-hybridized carbons (Fsp3) is 0.143. The third-order valence-electron chi connectivity index (χ3n) is 3.02. The first-order chi connectivity index (χ1) is 9.65. The average molecular weight is 286 g/mol. The molecule has 1 aromatic carbocycles. The van der Waals surface area contributed by atoms with Crippen LogP contribution in [0.1, 0.15) is 22.3 Å². The van der Waals surface area contributed by atoms with E-state index in [1.54, 1.807) is 0 Å². The third kappa shape index (κ3) is 2.37. The van der Waals surface area contributed by atoms with Gasteiger partial charge in [-0.2, -0.15) is 5.10 Å². The number of carbonyl (C=O) groups is 1. The van der Waals surface area contributed by atoms with Gasteiger partial charge in [-0.05, 0) is 36.1 Å². The van der Waals surface area contributed by atoms with Crippen LogP contribution in [0.2, 0.25) is 0 Å². The Hall–Kier alpha value is -2.34. The first-order valence-electron chi connectivity index (χ1n) is 6.30. The summed E-state index contributed by atoms with van der Waals surface area (Å²) in [5.41, 5.74) is 7.43. The van der Waals surface area contributed by atoms with Gasteiger partial charge in [-0.25, -0.2) is 0 Å². The summed E-state index contributed by atoms with van der Waals surface area (Å²) in [6, 6.07) is 9.31. The van der Waals surface area contributed by atoms with Gasteiger partial charge in [0, 0.05) is 22.1 Å². The fourth-order valence-corrected chi connectivity index (χ4v) is 2.90. The highest BCUT2D eigenvalue weighted by molar-refractivity contribution is 7.20. The highest BCUT2D eigenvalue weighted by atomic mass is 32.1. The van der Waals surface area contributed by atoms with Gasteiger partial charge in [-0.15, -0.1) is 11.3 Å². The van der Waals surface area contributed by atoms with E-state index in [4.69, 9.17) is 5.73 Å². The predicted molar refractivity (Wildman–Crippen MR) is 82.2 cm³/mol. The van der Waals surface area contributed by atoms with Crippen LogP contribution in [-0.2, 0) is 6.42 Å². The maximum Gasteiger partial charge on any atom is 0.266 e. The van der Waals surface area contributed by atoms with E-state index in [9.17, 15) is 4.79 Å². The topological polar surface area (TPSA) is 83.8 Å². The Balaban J connectivity index is 1.84. The number of aryl methyl sites for hydroxylation is 1. The Kier molecular flexibility index (Phi) is 3.15. The van der Waals surface area contributed by atoms with E-state index in [-0.39, 0.29) is 5.91 Å². The van der Waals surface area contributed by atoms with E-state index in [2.05, 4.69) is 15.5 Å². The molecule has 0 aliphatic carbocycles. The highest BCUT2D eigenvalue weighted by Crippen LogP contribution is 2.27. The minimum atomic E-state index is -0.154. The largest absolute Gasteiger partial charge is 0.399 e. The summed E-state index contributed by atoms with van der Waals surface area (Å²) >= 11 is 1.44. The van der Waals surface area contributed by atoms with Crippen molar-refractivity contribution in [2.24, 2.45) is 0 Å². The number of carbonyl (C=O) groups excluding carboxylic acids is 1. The van der Waals surface area contributed by atoms with Gasteiger partial charge in [-0.3, -0.25) is 9.89 Å². The third-order valence-corrected chi connectivity index (χ3v) is 4.13. The number of nitrogen functional groups attached to an aromatic ring is 1. The second-order valence-electron chi connectivity index (χ2n) is 4.49. The van der Waals surface area contributed by atoms with Gasteiger partial charge in [0.15, 0.2) is 5.82 Å². The quantitative estimate of drug-likeness (QED) is 0.647. The predicted octanol–water partition coefficient (Wildman–Crippen LogP) is 3.02. The maximum absolute atomic E-state index is 12.2. The van der Waals surface area contributed by atoms with E-state index >= 15 is 0 Å². The van der Waals surface area contributed by atoms with Crippen molar-refractivity contribution in [3.63, 3.8) is 0 Å². The molecule has 6 heteroatoms. The Morgan fingerprint density at radius 2 is 2.25 bits per heavy atom. The zero-order valence-corrected chi connectivity index (χ0v) is 11.8. The second kappa shape index (κ2) is 4.97. The summed E-state index contributed by atoms with van der Waals surface area (Å²) in [5.74, 6) is 0.391. The molecular weight excluding hydrogens is 272 g/mol. The van der Waals surface area contributed by atoms with Gasteiger partial charge < -0.3 is 11.1 Å². The van der Waals surface area contributed by atoms with Crippen molar-refractivity contribution < 1.29 is 4.79 Å². The molecule has 0 aliphatic heterocycles. The lowest BCUT2D eigenvalue weighted by molar-refractivity contribution is 0.103. The summed E-state index contributed by atoms with van der Waals surface area (Å²) in [7, 11) is 0. The Bertz CT molecular complexity index is 774. The van der Waals surface area contributed by atoms with Crippen LogP contribution in [0.25, 0.3) is 10.1 Å². The number of nitrogens with zero attached hydrogens (tertiary/aromatic N) is 1. The molecule has 3 rings (SSSR count). The molecule has 4 N–H and O–H groups in total. The minimum absolute atomic E-state index is 0.154. The average Bonchev–Trinajstić information content (AvgIpc) is 3.04. The van der Waals surface area contributed by atoms with E-state index < -0.39 is 0 Å². The van der Waals surface area contributed by atoms with E-state index in [1.165, 1.54) is 11.3 Å². The number of aromatic nitrogens is 2. The van der Waals surface area contributed by atoms with Crippen molar-refractivity contribution in [3.05, 3.63) is 40.9 Å². The first kappa shape index (κ1) is 12.7. The zero-order chi connectivity index (χ0) is 14.1. The molecular formula is C14H14N4OS. The van der Waals surface area contributed by atoms with Gasteiger partial charge >= 0.3 is 0 Å². The normalized spacial score (nSPS) is 10.8. The molecule has 0 aliphatic rings. The lowest BCUT2D eigenvalue weighted by atomic mass is 10.2. The Labute approximate surface area is 119 Å². The molecule has 1 amide bonds. The van der Waals surface area contributed by atoms with Gasteiger partial charge in [0.2, 0.25) is 0 Å². The molecule has 2 heterocycles. The number of aromatic amines is 1. The summed E-state index contributed by atoms with van der Waals surface area (Å²) < 4.78 is 1.04. The van der Waals surface area contributed by atoms with E-state index in [1.807, 2.05) is 37.3 Å². The van der Waals surface area contributed by atoms with Gasteiger partial charge in [0.25, 0.3) is 5.91 Å². The number of rotatable bonds is 3. The van der Waals surface area contributed by atoms with Crippen LogP contribution in [0.4, 0.5) is 11.5 Å². The number of nitrogens with two attached hydrogens (primary N) is 1. The Morgan fingerprint density at radius 3 is 3.00 bits per heavy atom. The van der Waals surface area contributed by atoms with Gasteiger partial charge in [0.05, 0.1) is 4.88 Å². The number of hydrogen-bond acceptors (Lipinski definition) is 4. The molecule has 0 unspecified atom stereocenters. The molecule has 0 atom stereocenters. The van der Waals surface area contributed by atoms with Crippen LogP contribution in [0, 0.1) is 0 Å². The first-order valence-corrected chi connectivity index (χ1v) is 7.12. The highest BCUT2D eigenvalue weighted by Gasteiger charge is 2.12. The van der Waals surface area contributed by atoms with Crippen LogP contribution in [-0.4, -0.2) is 16.1 Å². The minimum Gasteiger partial charge on any atom is -0.399 e. The number of benzene rings is 1. The Morgan fingerprint density at radius 1 is 1.40 bits per heavy atom. The molecule has 0 radical (unpaired) electrons. The maximum atomic E-state index is 12.2. The SMILES string of the molecule is CCc1cc(NC(=O)c2cc3cc(N)ccc3s2)n[nH]1. The number of hydrogen-bond donors (Lipinski definition) is 3. The number of fused-ring (bicyclic) bond motifs is 1. The van der Waals surface area contributed by atoms with Crippen molar-refractivity contribution in [2.45, 2.75) is 13.3 Å². The second-order valence-corrected chi connectivity index (χ2v) is 5.58. The lowest BCUT2D eigenvalue weighted by Gasteiger charge is -1.97. The number of thiophene rings is 1. The van der Waals surface area contributed by atoms with Crippen molar-refractivity contribution in [1.82, 2.24) is 10.2 Å². The molecule has 2 aromatic heterocycles. The summed E-state index contributed by atoms with van der Waals surface area (Å²) in [6.07, 6.45) is 0.852. The zero-order valence-electron chi connectivity index (χ0n) is 10.9. The van der Waals surface area contributed by atoms with Crippen LogP contribution in [0.5, 0.6) is 0 Å². The van der Waals surface area contributed by atoms with Crippen LogP contribution >= 0.6 is 11.3 Å². The number of amides is 1. The molecule has 0 bridgehead atoms.